The first-order valence-electron chi connectivity index (χ1n) is 11.0. The van der Waals surface area contributed by atoms with Crippen molar-refractivity contribution in [3.05, 3.63) is 59.7 Å². The number of piperidine rings is 1. The van der Waals surface area contributed by atoms with Crippen LogP contribution in [0.1, 0.15) is 50.3 Å². The highest BCUT2D eigenvalue weighted by molar-refractivity contribution is 5.89. The minimum Gasteiger partial charge on any atom is -0.488 e. The van der Waals surface area contributed by atoms with E-state index in [2.05, 4.69) is 25.2 Å². The van der Waals surface area contributed by atoms with E-state index >= 15 is 0 Å². The predicted octanol–water partition coefficient (Wildman–Crippen LogP) is 3.65. The van der Waals surface area contributed by atoms with Gasteiger partial charge in [0.25, 0.3) is 0 Å². The van der Waals surface area contributed by atoms with Crippen LogP contribution in [-0.2, 0) is 16.0 Å². The Balaban J connectivity index is 1.38. The van der Waals surface area contributed by atoms with Gasteiger partial charge < -0.3 is 19.7 Å². The highest BCUT2D eigenvalue weighted by Crippen LogP contribution is 2.41. The van der Waals surface area contributed by atoms with Gasteiger partial charge in [-0.3, -0.25) is 9.59 Å². The van der Waals surface area contributed by atoms with Crippen LogP contribution in [0.4, 0.5) is 0 Å². The van der Waals surface area contributed by atoms with Gasteiger partial charge in [0.05, 0.1) is 6.54 Å². The van der Waals surface area contributed by atoms with Crippen molar-refractivity contribution in [3.8, 4) is 11.5 Å². The molecule has 0 spiro atoms. The Labute approximate surface area is 183 Å². The zero-order chi connectivity index (χ0) is 21.8. The van der Waals surface area contributed by atoms with E-state index in [1.807, 2.05) is 42.5 Å². The zero-order valence-corrected chi connectivity index (χ0v) is 18.2. The van der Waals surface area contributed by atoms with Crippen LogP contribution in [-0.4, -0.2) is 42.0 Å². The number of nitrogens with zero attached hydrogens (tertiary/aromatic N) is 1. The number of ether oxygens (including phenoxy) is 2. The average molecular weight is 423 g/mol. The van der Waals surface area contributed by atoms with Crippen molar-refractivity contribution in [2.75, 3.05) is 19.7 Å². The molecule has 0 radical (unpaired) electrons. The molecule has 164 valence electrons. The number of benzene rings is 2. The third-order valence-electron chi connectivity index (χ3n) is 5.75. The average Bonchev–Trinajstić information content (AvgIpc) is 3.08. The number of fused-ring (bicyclic) bond motifs is 1. The van der Waals surface area contributed by atoms with E-state index in [0.29, 0.717) is 31.9 Å². The summed E-state index contributed by atoms with van der Waals surface area (Å²) in [5.41, 5.74) is 1.73. The van der Waals surface area contributed by atoms with Crippen molar-refractivity contribution in [3.63, 3.8) is 0 Å². The SMILES string of the molecule is CC1(C)Cc2cccc(OCCNC(=O)C(c3ccccc3)N3CCCCC3=O)c2O1. The smallest absolute Gasteiger partial charge is 0.247 e. The van der Waals surface area contributed by atoms with Gasteiger partial charge in [0.15, 0.2) is 11.5 Å². The fourth-order valence-electron chi connectivity index (χ4n) is 4.34. The number of hydrogen-bond acceptors (Lipinski definition) is 4. The van der Waals surface area contributed by atoms with Crippen LogP contribution in [0.15, 0.2) is 48.5 Å². The second kappa shape index (κ2) is 9.00. The van der Waals surface area contributed by atoms with Gasteiger partial charge in [0.2, 0.25) is 11.8 Å². The molecule has 2 amide bonds. The summed E-state index contributed by atoms with van der Waals surface area (Å²) in [6.45, 7) is 5.38. The summed E-state index contributed by atoms with van der Waals surface area (Å²) >= 11 is 0. The zero-order valence-electron chi connectivity index (χ0n) is 18.2. The van der Waals surface area contributed by atoms with E-state index in [4.69, 9.17) is 9.47 Å². The van der Waals surface area contributed by atoms with Gasteiger partial charge in [-0.15, -0.1) is 0 Å². The summed E-state index contributed by atoms with van der Waals surface area (Å²) in [6.07, 6.45) is 3.14. The van der Waals surface area contributed by atoms with Crippen molar-refractivity contribution in [1.82, 2.24) is 10.2 Å². The molecule has 1 N–H and O–H groups in total. The molecule has 1 unspecified atom stereocenters. The number of para-hydroxylation sites is 1. The Morgan fingerprint density at radius 1 is 1.16 bits per heavy atom. The monoisotopic (exact) mass is 422 g/mol. The number of amides is 2. The molecule has 0 aliphatic carbocycles. The van der Waals surface area contributed by atoms with Crippen molar-refractivity contribution >= 4 is 11.8 Å². The fourth-order valence-corrected chi connectivity index (χ4v) is 4.34. The molecule has 6 nitrogen and oxygen atoms in total. The first-order chi connectivity index (χ1) is 14.9. The third kappa shape index (κ3) is 4.84. The van der Waals surface area contributed by atoms with Gasteiger partial charge in [-0.25, -0.2) is 0 Å². The molecular weight excluding hydrogens is 392 g/mol. The summed E-state index contributed by atoms with van der Waals surface area (Å²) < 4.78 is 12.0. The largest absolute Gasteiger partial charge is 0.488 e. The highest BCUT2D eigenvalue weighted by atomic mass is 16.5. The van der Waals surface area contributed by atoms with Crippen molar-refractivity contribution < 1.29 is 19.1 Å². The van der Waals surface area contributed by atoms with Gasteiger partial charge in [-0.2, -0.15) is 0 Å². The van der Waals surface area contributed by atoms with Gasteiger partial charge >= 0.3 is 0 Å². The third-order valence-corrected chi connectivity index (χ3v) is 5.75. The maximum Gasteiger partial charge on any atom is 0.247 e. The number of hydrogen-bond donors (Lipinski definition) is 1. The van der Waals surface area contributed by atoms with Crippen LogP contribution >= 0.6 is 0 Å². The summed E-state index contributed by atoms with van der Waals surface area (Å²) in [4.78, 5) is 27.3. The fraction of sp³-hybridized carbons (Fsp3) is 0.440. The second-order valence-corrected chi connectivity index (χ2v) is 8.78. The normalized spacial score (nSPS) is 18.1. The quantitative estimate of drug-likeness (QED) is 0.692. The maximum absolute atomic E-state index is 13.1. The number of likely N-dealkylation sites (tertiary alicyclic amines) is 1. The van der Waals surface area contributed by atoms with E-state index in [1.165, 1.54) is 0 Å². The first kappa shape index (κ1) is 21.2. The molecule has 31 heavy (non-hydrogen) atoms. The summed E-state index contributed by atoms with van der Waals surface area (Å²) in [5, 5.41) is 2.95. The van der Waals surface area contributed by atoms with Gasteiger partial charge in [-0.1, -0.05) is 42.5 Å². The summed E-state index contributed by atoms with van der Waals surface area (Å²) in [6, 6.07) is 14.8. The Hall–Kier alpha value is -3.02. The molecule has 0 aromatic heterocycles. The molecule has 2 aromatic rings. The van der Waals surface area contributed by atoms with Crippen molar-refractivity contribution in [2.45, 2.75) is 51.2 Å². The number of carbonyl (C=O) groups excluding carboxylic acids is 2. The molecule has 1 atom stereocenters. The van der Waals surface area contributed by atoms with Crippen LogP contribution in [0.2, 0.25) is 0 Å². The molecule has 0 bridgehead atoms. The second-order valence-electron chi connectivity index (χ2n) is 8.78. The van der Waals surface area contributed by atoms with E-state index in [1.54, 1.807) is 4.90 Å². The van der Waals surface area contributed by atoms with Crippen LogP contribution in [0.5, 0.6) is 11.5 Å². The van der Waals surface area contributed by atoms with Crippen LogP contribution in [0.25, 0.3) is 0 Å². The van der Waals surface area contributed by atoms with Gasteiger partial charge in [0, 0.05) is 24.9 Å². The minimum atomic E-state index is -0.612. The molecule has 1 saturated heterocycles. The number of nitrogens with one attached hydrogen (secondary N) is 1. The van der Waals surface area contributed by atoms with Crippen LogP contribution in [0, 0.1) is 0 Å². The number of carbonyl (C=O) groups is 2. The molecule has 2 aromatic carbocycles. The maximum atomic E-state index is 13.1. The van der Waals surface area contributed by atoms with E-state index in [-0.39, 0.29) is 17.4 Å². The molecule has 2 aliphatic heterocycles. The van der Waals surface area contributed by atoms with Crippen molar-refractivity contribution in [2.24, 2.45) is 0 Å². The molecule has 0 saturated carbocycles. The molecule has 2 heterocycles. The Kier molecular flexibility index (Phi) is 6.16. The lowest BCUT2D eigenvalue weighted by atomic mass is 10.0. The molecule has 1 fully saturated rings. The minimum absolute atomic E-state index is 0.0334. The lowest BCUT2D eigenvalue weighted by Gasteiger charge is -2.34. The Morgan fingerprint density at radius 2 is 1.97 bits per heavy atom. The van der Waals surface area contributed by atoms with Gasteiger partial charge in [0.1, 0.15) is 18.2 Å². The lowest BCUT2D eigenvalue weighted by Crippen LogP contribution is -2.46. The standard InChI is InChI=1S/C25H30N2O4/c1-25(2)17-19-11-8-12-20(23(19)31-25)30-16-14-26-24(29)22(18-9-4-3-5-10-18)27-15-7-6-13-21(27)28/h3-5,8-12,22H,6-7,13-17H2,1-2H3,(H,26,29). The summed E-state index contributed by atoms with van der Waals surface area (Å²) in [7, 11) is 0. The van der Waals surface area contributed by atoms with Gasteiger partial charge in [-0.05, 0) is 38.3 Å². The Morgan fingerprint density at radius 3 is 2.74 bits per heavy atom. The molecular formula is C25H30N2O4. The predicted molar refractivity (Wildman–Crippen MR) is 118 cm³/mol. The van der Waals surface area contributed by atoms with E-state index < -0.39 is 6.04 Å². The highest BCUT2D eigenvalue weighted by Gasteiger charge is 2.33. The van der Waals surface area contributed by atoms with E-state index in [9.17, 15) is 9.59 Å². The molecule has 2 aliphatic rings. The van der Waals surface area contributed by atoms with Crippen LogP contribution in [0.3, 0.4) is 0 Å². The summed E-state index contributed by atoms with van der Waals surface area (Å²) in [5.74, 6) is 1.34. The first-order valence-corrected chi connectivity index (χ1v) is 11.0. The molecule has 4 rings (SSSR count). The van der Waals surface area contributed by atoms with Crippen molar-refractivity contribution in [1.29, 1.82) is 0 Å². The Bertz CT molecular complexity index is 942. The topological polar surface area (TPSA) is 67.9 Å². The lowest BCUT2D eigenvalue weighted by molar-refractivity contribution is -0.142. The van der Waals surface area contributed by atoms with Crippen LogP contribution < -0.4 is 14.8 Å². The number of rotatable bonds is 7. The molecule has 6 heteroatoms. The van der Waals surface area contributed by atoms with E-state index in [0.717, 1.165) is 36.1 Å².